The minimum absolute atomic E-state index is 0.0717. The normalized spacial score (nSPS) is 13.8. The molecule has 1 atom stereocenters. The van der Waals surface area contributed by atoms with Crippen LogP contribution in [0.3, 0.4) is 0 Å². The van der Waals surface area contributed by atoms with Crippen molar-refractivity contribution < 1.29 is 4.39 Å². The van der Waals surface area contributed by atoms with Gasteiger partial charge in [0.05, 0.1) is 0 Å². The van der Waals surface area contributed by atoms with Crippen molar-refractivity contribution in [2.24, 2.45) is 0 Å². The molecule has 1 N–H and O–H groups in total. The highest BCUT2D eigenvalue weighted by molar-refractivity contribution is 8.00. The van der Waals surface area contributed by atoms with Gasteiger partial charge in [0, 0.05) is 21.6 Å². The Morgan fingerprint density at radius 2 is 2.06 bits per heavy atom. The van der Waals surface area contributed by atoms with Gasteiger partial charge in [-0.2, -0.15) is 11.8 Å². The summed E-state index contributed by atoms with van der Waals surface area (Å²) < 4.78 is 13.4. The topological polar surface area (TPSA) is 12.0 Å². The fourth-order valence-electron chi connectivity index (χ4n) is 1.44. The lowest BCUT2D eigenvalue weighted by molar-refractivity contribution is 0.610. The second kappa shape index (κ2) is 6.07. The van der Waals surface area contributed by atoms with E-state index in [1.165, 1.54) is 12.1 Å². The molecule has 0 aliphatic heterocycles. The molecule has 0 aliphatic carbocycles. The number of nitrogens with one attached hydrogen (secondary N) is 1. The van der Waals surface area contributed by atoms with Crippen molar-refractivity contribution >= 4 is 23.4 Å². The minimum atomic E-state index is -0.245. The molecule has 1 rings (SSSR count). The molecule has 0 spiro atoms. The fourth-order valence-corrected chi connectivity index (χ4v) is 2.71. The first-order valence-electron chi connectivity index (χ1n) is 5.59. The molecule has 17 heavy (non-hydrogen) atoms. The van der Waals surface area contributed by atoms with Crippen LogP contribution in [0.2, 0.25) is 5.02 Å². The summed E-state index contributed by atoms with van der Waals surface area (Å²) in [6, 6.07) is 4.57. The first-order chi connectivity index (χ1) is 7.83. The zero-order chi connectivity index (χ0) is 13.1. The summed E-state index contributed by atoms with van der Waals surface area (Å²) in [5.74, 6) is 0.619. The molecule has 96 valence electrons. The van der Waals surface area contributed by atoms with E-state index in [1.807, 2.05) is 18.8 Å². The maximum atomic E-state index is 13.2. The molecule has 0 saturated heterocycles. The van der Waals surface area contributed by atoms with E-state index in [1.54, 1.807) is 6.07 Å². The van der Waals surface area contributed by atoms with Crippen molar-refractivity contribution in [1.29, 1.82) is 0 Å². The van der Waals surface area contributed by atoms with Crippen LogP contribution in [0.15, 0.2) is 18.2 Å². The molecule has 0 fully saturated rings. The first kappa shape index (κ1) is 14.8. The van der Waals surface area contributed by atoms with E-state index in [0.717, 1.165) is 11.3 Å². The summed E-state index contributed by atoms with van der Waals surface area (Å²) >= 11 is 7.94. The maximum absolute atomic E-state index is 13.2. The summed E-state index contributed by atoms with van der Waals surface area (Å²) in [7, 11) is 1.87. The van der Waals surface area contributed by atoms with Gasteiger partial charge in [-0.15, -0.1) is 0 Å². The van der Waals surface area contributed by atoms with Gasteiger partial charge in [0.15, 0.2) is 0 Å². The highest BCUT2D eigenvalue weighted by atomic mass is 35.5. The molecule has 1 unspecified atom stereocenters. The molecule has 0 amide bonds. The Labute approximate surface area is 112 Å². The number of hydrogen-bond donors (Lipinski definition) is 1. The molecule has 0 bridgehead atoms. The second-order valence-electron chi connectivity index (χ2n) is 4.93. The summed E-state index contributed by atoms with van der Waals surface area (Å²) in [4.78, 5) is 0. The number of hydrogen-bond acceptors (Lipinski definition) is 2. The Bertz CT molecular complexity index is 376. The summed E-state index contributed by atoms with van der Waals surface area (Å²) in [6.45, 7) is 6.49. The summed E-state index contributed by atoms with van der Waals surface area (Å²) in [6.07, 6.45) is 0. The van der Waals surface area contributed by atoms with Crippen LogP contribution in [0.5, 0.6) is 0 Å². The van der Waals surface area contributed by atoms with E-state index in [9.17, 15) is 4.39 Å². The number of halogens is 2. The summed E-state index contributed by atoms with van der Waals surface area (Å²) in [5, 5.41) is 3.80. The molecule has 0 aromatic heterocycles. The molecule has 0 aliphatic rings. The van der Waals surface area contributed by atoms with Gasteiger partial charge in [-0.05, 0) is 30.8 Å². The lowest BCUT2D eigenvalue weighted by Gasteiger charge is -2.23. The Hall–Kier alpha value is -0.250. The van der Waals surface area contributed by atoms with Crippen LogP contribution in [0.1, 0.15) is 32.4 Å². The quantitative estimate of drug-likeness (QED) is 0.881. The Morgan fingerprint density at radius 3 is 2.59 bits per heavy atom. The SMILES string of the molecule is CNC(CSC(C)(C)C)c1cc(F)ccc1Cl. The molecular weight excluding hydrogens is 257 g/mol. The fraction of sp³-hybridized carbons (Fsp3) is 0.538. The van der Waals surface area contributed by atoms with Crippen molar-refractivity contribution in [3.05, 3.63) is 34.6 Å². The van der Waals surface area contributed by atoms with Crippen molar-refractivity contribution in [3.63, 3.8) is 0 Å². The maximum Gasteiger partial charge on any atom is 0.123 e. The van der Waals surface area contributed by atoms with Crippen molar-refractivity contribution in [3.8, 4) is 0 Å². The predicted molar refractivity (Wildman–Crippen MR) is 75.4 cm³/mol. The van der Waals surface area contributed by atoms with Crippen molar-refractivity contribution in [1.82, 2.24) is 5.32 Å². The van der Waals surface area contributed by atoms with Gasteiger partial charge in [0.25, 0.3) is 0 Å². The van der Waals surface area contributed by atoms with Gasteiger partial charge in [0.2, 0.25) is 0 Å². The first-order valence-corrected chi connectivity index (χ1v) is 6.96. The zero-order valence-corrected chi connectivity index (χ0v) is 12.3. The Balaban J connectivity index is 2.82. The van der Waals surface area contributed by atoms with Gasteiger partial charge >= 0.3 is 0 Å². The van der Waals surface area contributed by atoms with Crippen molar-refractivity contribution in [2.75, 3.05) is 12.8 Å². The van der Waals surface area contributed by atoms with Crippen LogP contribution in [0.4, 0.5) is 4.39 Å². The molecule has 0 radical (unpaired) electrons. The van der Waals surface area contributed by atoms with Gasteiger partial charge in [0.1, 0.15) is 5.82 Å². The number of thioether (sulfide) groups is 1. The zero-order valence-electron chi connectivity index (χ0n) is 10.7. The van der Waals surface area contributed by atoms with Crippen LogP contribution < -0.4 is 5.32 Å². The van der Waals surface area contributed by atoms with Crippen LogP contribution in [-0.4, -0.2) is 17.5 Å². The van der Waals surface area contributed by atoms with E-state index >= 15 is 0 Å². The third-order valence-electron chi connectivity index (χ3n) is 2.36. The minimum Gasteiger partial charge on any atom is -0.312 e. The number of rotatable bonds is 4. The van der Waals surface area contributed by atoms with Crippen LogP contribution in [-0.2, 0) is 0 Å². The van der Waals surface area contributed by atoms with E-state index < -0.39 is 0 Å². The molecule has 0 heterocycles. The number of benzene rings is 1. The monoisotopic (exact) mass is 275 g/mol. The third-order valence-corrected chi connectivity index (χ3v) is 4.08. The van der Waals surface area contributed by atoms with Crippen LogP contribution in [0.25, 0.3) is 0 Å². The largest absolute Gasteiger partial charge is 0.312 e. The average molecular weight is 276 g/mol. The Kier molecular flexibility index (Phi) is 5.29. The van der Waals surface area contributed by atoms with Gasteiger partial charge < -0.3 is 5.32 Å². The van der Waals surface area contributed by atoms with E-state index in [0.29, 0.717) is 5.02 Å². The molecule has 1 nitrogen and oxygen atoms in total. The smallest absolute Gasteiger partial charge is 0.123 e. The molecular formula is C13H19ClFNS. The second-order valence-corrected chi connectivity index (χ2v) is 7.18. The average Bonchev–Trinajstić information content (AvgIpc) is 2.22. The van der Waals surface area contributed by atoms with E-state index in [4.69, 9.17) is 11.6 Å². The standard InChI is InChI=1S/C13H19ClFNS/c1-13(2,3)17-8-12(16-4)10-7-9(15)5-6-11(10)14/h5-7,12,16H,8H2,1-4H3. The van der Waals surface area contributed by atoms with Gasteiger partial charge in [-0.25, -0.2) is 4.39 Å². The highest BCUT2D eigenvalue weighted by Crippen LogP contribution is 2.31. The lowest BCUT2D eigenvalue weighted by Crippen LogP contribution is -2.22. The van der Waals surface area contributed by atoms with E-state index in [-0.39, 0.29) is 16.6 Å². The van der Waals surface area contributed by atoms with E-state index in [2.05, 4.69) is 26.1 Å². The van der Waals surface area contributed by atoms with Crippen molar-refractivity contribution in [2.45, 2.75) is 31.6 Å². The van der Waals surface area contributed by atoms with Gasteiger partial charge in [-0.1, -0.05) is 32.4 Å². The lowest BCUT2D eigenvalue weighted by atomic mass is 10.1. The molecule has 1 aromatic carbocycles. The van der Waals surface area contributed by atoms with Crippen LogP contribution >= 0.6 is 23.4 Å². The van der Waals surface area contributed by atoms with Gasteiger partial charge in [-0.3, -0.25) is 0 Å². The molecule has 1 aromatic rings. The Morgan fingerprint density at radius 1 is 1.41 bits per heavy atom. The third kappa shape index (κ3) is 4.86. The molecule has 0 saturated carbocycles. The highest BCUT2D eigenvalue weighted by Gasteiger charge is 2.18. The molecule has 4 heteroatoms. The van der Waals surface area contributed by atoms with Crippen LogP contribution in [0, 0.1) is 5.82 Å². The predicted octanol–water partition coefficient (Wildman–Crippen LogP) is 4.27. The summed E-state index contributed by atoms with van der Waals surface area (Å²) in [5.41, 5.74) is 0.825.